The van der Waals surface area contributed by atoms with Gasteiger partial charge in [-0.2, -0.15) is 0 Å². The molecule has 0 saturated carbocycles. The lowest BCUT2D eigenvalue weighted by Crippen LogP contribution is -2.22. The van der Waals surface area contributed by atoms with Crippen molar-refractivity contribution in [2.24, 2.45) is 0 Å². The summed E-state index contributed by atoms with van der Waals surface area (Å²) in [4.78, 5) is 0. The average molecular weight is 339 g/mol. The molecule has 25 heavy (non-hydrogen) atoms. The van der Waals surface area contributed by atoms with Crippen molar-refractivity contribution >= 4 is 21.8 Å². The number of aliphatic hydroxyl groups excluding tert-OH is 1. The molecule has 1 atom stereocenters. The maximum absolute atomic E-state index is 10.4. The van der Waals surface area contributed by atoms with Crippen molar-refractivity contribution in [3.05, 3.63) is 48.5 Å². The highest BCUT2D eigenvalue weighted by Gasteiger charge is 2.13. The van der Waals surface area contributed by atoms with Crippen LogP contribution in [-0.4, -0.2) is 29.0 Å². The molecule has 0 fully saturated rings. The SMILES string of the molecule is CCCCCCCOC[C@H](O)Cn1c2ccccc2c2ccccc21. The lowest BCUT2D eigenvalue weighted by atomic mass is 10.2. The van der Waals surface area contributed by atoms with Gasteiger partial charge in [0.2, 0.25) is 0 Å². The van der Waals surface area contributed by atoms with E-state index in [4.69, 9.17) is 4.74 Å². The van der Waals surface area contributed by atoms with Crippen LogP contribution in [0.2, 0.25) is 0 Å². The fourth-order valence-electron chi connectivity index (χ4n) is 3.49. The Balaban J connectivity index is 1.60. The van der Waals surface area contributed by atoms with Crippen LogP contribution in [-0.2, 0) is 11.3 Å². The number of hydrogen-bond donors (Lipinski definition) is 1. The van der Waals surface area contributed by atoms with Crippen LogP contribution in [0.3, 0.4) is 0 Å². The van der Waals surface area contributed by atoms with Crippen LogP contribution in [0, 0.1) is 0 Å². The van der Waals surface area contributed by atoms with Gasteiger partial charge in [-0.25, -0.2) is 0 Å². The Kier molecular flexibility index (Phi) is 6.48. The Labute approximate surface area is 150 Å². The fourth-order valence-corrected chi connectivity index (χ4v) is 3.49. The van der Waals surface area contributed by atoms with Crippen molar-refractivity contribution in [2.75, 3.05) is 13.2 Å². The van der Waals surface area contributed by atoms with Gasteiger partial charge in [-0.1, -0.05) is 69.0 Å². The lowest BCUT2D eigenvalue weighted by Gasteiger charge is -2.14. The molecular weight excluding hydrogens is 310 g/mol. The summed E-state index contributed by atoms with van der Waals surface area (Å²) >= 11 is 0. The van der Waals surface area contributed by atoms with E-state index >= 15 is 0 Å². The average Bonchev–Trinajstić information content (AvgIpc) is 2.95. The van der Waals surface area contributed by atoms with Gasteiger partial charge in [0.25, 0.3) is 0 Å². The number of benzene rings is 2. The highest BCUT2D eigenvalue weighted by Crippen LogP contribution is 2.28. The van der Waals surface area contributed by atoms with Gasteiger partial charge in [-0.15, -0.1) is 0 Å². The molecule has 0 bridgehead atoms. The number of unbranched alkanes of at least 4 members (excludes halogenated alkanes) is 4. The lowest BCUT2D eigenvalue weighted by molar-refractivity contribution is 0.0278. The molecule has 1 heterocycles. The normalized spacial score (nSPS) is 12.9. The van der Waals surface area contributed by atoms with Crippen LogP contribution in [0.4, 0.5) is 0 Å². The molecule has 3 aromatic rings. The molecule has 0 radical (unpaired) electrons. The van der Waals surface area contributed by atoms with Gasteiger partial charge in [-0.05, 0) is 18.6 Å². The van der Waals surface area contributed by atoms with E-state index in [1.54, 1.807) is 0 Å². The van der Waals surface area contributed by atoms with Gasteiger partial charge in [0.15, 0.2) is 0 Å². The second-order valence-corrected chi connectivity index (χ2v) is 6.79. The van der Waals surface area contributed by atoms with Gasteiger partial charge in [0, 0.05) is 28.4 Å². The van der Waals surface area contributed by atoms with Crippen LogP contribution < -0.4 is 0 Å². The molecule has 0 unspecified atom stereocenters. The smallest absolute Gasteiger partial charge is 0.0952 e. The highest BCUT2D eigenvalue weighted by molar-refractivity contribution is 6.07. The molecule has 3 rings (SSSR count). The monoisotopic (exact) mass is 339 g/mol. The minimum atomic E-state index is -0.491. The number of hydrogen-bond acceptors (Lipinski definition) is 2. The molecular formula is C22H29NO2. The second kappa shape index (κ2) is 9.02. The van der Waals surface area contributed by atoms with Crippen molar-refractivity contribution < 1.29 is 9.84 Å². The first kappa shape index (κ1) is 18.0. The molecule has 0 amide bonds. The Morgan fingerprint density at radius 2 is 1.48 bits per heavy atom. The van der Waals surface area contributed by atoms with Gasteiger partial charge in [0.1, 0.15) is 0 Å². The largest absolute Gasteiger partial charge is 0.389 e. The minimum absolute atomic E-state index is 0.397. The van der Waals surface area contributed by atoms with Crippen molar-refractivity contribution in [2.45, 2.75) is 51.7 Å². The highest BCUT2D eigenvalue weighted by atomic mass is 16.5. The van der Waals surface area contributed by atoms with Crippen molar-refractivity contribution in [3.63, 3.8) is 0 Å². The third-order valence-corrected chi connectivity index (χ3v) is 4.78. The summed E-state index contributed by atoms with van der Waals surface area (Å²) in [5, 5.41) is 12.9. The first-order valence-electron chi connectivity index (χ1n) is 9.53. The summed E-state index contributed by atoms with van der Waals surface area (Å²) in [7, 11) is 0. The van der Waals surface area contributed by atoms with Crippen LogP contribution in [0.1, 0.15) is 39.0 Å². The number of aliphatic hydroxyl groups is 1. The van der Waals surface area contributed by atoms with E-state index in [0.717, 1.165) is 13.0 Å². The Morgan fingerprint density at radius 1 is 0.880 bits per heavy atom. The number of para-hydroxylation sites is 2. The number of ether oxygens (including phenoxy) is 1. The van der Waals surface area contributed by atoms with Gasteiger partial charge in [0.05, 0.1) is 19.3 Å². The second-order valence-electron chi connectivity index (χ2n) is 6.79. The van der Waals surface area contributed by atoms with E-state index in [-0.39, 0.29) is 0 Å². The quantitative estimate of drug-likeness (QED) is 0.519. The van der Waals surface area contributed by atoms with E-state index in [9.17, 15) is 5.11 Å². The van der Waals surface area contributed by atoms with Crippen LogP contribution >= 0.6 is 0 Å². The fraction of sp³-hybridized carbons (Fsp3) is 0.455. The number of fused-ring (bicyclic) bond motifs is 3. The molecule has 0 aliphatic rings. The number of nitrogens with zero attached hydrogens (tertiary/aromatic N) is 1. The van der Waals surface area contributed by atoms with E-state index < -0.39 is 6.10 Å². The molecule has 3 heteroatoms. The molecule has 0 aliphatic heterocycles. The van der Waals surface area contributed by atoms with E-state index in [1.165, 1.54) is 47.5 Å². The molecule has 134 valence electrons. The first-order valence-corrected chi connectivity index (χ1v) is 9.53. The van der Waals surface area contributed by atoms with E-state index in [1.807, 2.05) is 0 Å². The molecule has 0 saturated heterocycles. The maximum atomic E-state index is 10.4. The summed E-state index contributed by atoms with van der Waals surface area (Å²) in [5.41, 5.74) is 2.34. The zero-order valence-electron chi connectivity index (χ0n) is 15.2. The maximum Gasteiger partial charge on any atom is 0.0952 e. The summed E-state index contributed by atoms with van der Waals surface area (Å²) < 4.78 is 7.89. The van der Waals surface area contributed by atoms with Crippen LogP contribution in [0.25, 0.3) is 21.8 Å². The van der Waals surface area contributed by atoms with Crippen molar-refractivity contribution in [3.8, 4) is 0 Å². The molecule has 1 aromatic heterocycles. The summed E-state index contributed by atoms with van der Waals surface area (Å²) in [6.45, 7) is 3.92. The predicted octanol–water partition coefficient (Wildman–Crippen LogP) is 5.14. The van der Waals surface area contributed by atoms with Gasteiger partial charge in [-0.3, -0.25) is 0 Å². The zero-order valence-corrected chi connectivity index (χ0v) is 15.2. The van der Waals surface area contributed by atoms with Crippen molar-refractivity contribution in [1.29, 1.82) is 0 Å². The molecule has 1 N–H and O–H groups in total. The first-order chi connectivity index (χ1) is 12.3. The summed E-state index contributed by atoms with van der Waals surface area (Å²) in [6.07, 6.45) is 5.66. The Morgan fingerprint density at radius 3 is 2.12 bits per heavy atom. The topological polar surface area (TPSA) is 34.4 Å². The standard InChI is InChI=1S/C22H29NO2/c1-2-3-4-5-10-15-25-17-18(24)16-23-21-13-8-6-11-19(21)20-12-7-9-14-22(20)23/h6-9,11-14,18,24H,2-5,10,15-17H2,1H3/t18-/m1/s1. The Bertz CT molecular complexity index is 740. The third-order valence-electron chi connectivity index (χ3n) is 4.78. The number of aromatic nitrogens is 1. The zero-order chi connectivity index (χ0) is 17.5. The van der Waals surface area contributed by atoms with Crippen LogP contribution in [0.15, 0.2) is 48.5 Å². The Hall–Kier alpha value is -1.84. The van der Waals surface area contributed by atoms with E-state index in [0.29, 0.717) is 13.2 Å². The molecule has 3 nitrogen and oxygen atoms in total. The summed E-state index contributed by atoms with van der Waals surface area (Å²) in [5.74, 6) is 0. The van der Waals surface area contributed by atoms with Crippen molar-refractivity contribution in [1.82, 2.24) is 4.57 Å². The molecule has 2 aromatic carbocycles. The van der Waals surface area contributed by atoms with E-state index in [2.05, 4.69) is 60.0 Å². The third kappa shape index (κ3) is 4.42. The predicted molar refractivity (Wildman–Crippen MR) is 105 cm³/mol. The minimum Gasteiger partial charge on any atom is -0.389 e. The molecule has 0 spiro atoms. The molecule has 0 aliphatic carbocycles. The van der Waals surface area contributed by atoms with Gasteiger partial charge < -0.3 is 14.4 Å². The van der Waals surface area contributed by atoms with Crippen LogP contribution in [0.5, 0.6) is 0 Å². The van der Waals surface area contributed by atoms with Gasteiger partial charge >= 0.3 is 0 Å². The summed E-state index contributed by atoms with van der Waals surface area (Å²) in [6, 6.07) is 16.8. The number of rotatable bonds is 10.